The van der Waals surface area contributed by atoms with E-state index in [1.165, 1.54) is 0 Å². The van der Waals surface area contributed by atoms with Crippen LogP contribution < -0.4 is 0 Å². The average Bonchev–Trinajstić information content (AvgIpc) is 2.27. The topological polar surface area (TPSA) is 33.2 Å². The summed E-state index contributed by atoms with van der Waals surface area (Å²) < 4.78 is 0. The van der Waals surface area contributed by atoms with Crippen LogP contribution >= 0.6 is 0 Å². The summed E-state index contributed by atoms with van der Waals surface area (Å²) in [5.41, 5.74) is 0.839. The van der Waals surface area contributed by atoms with Gasteiger partial charge in [0.05, 0.1) is 6.42 Å². The van der Waals surface area contributed by atoms with E-state index in [1.807, 2.05) is 25.2 Å². The van der Waals surface area contributed by atoms with Gasteiger partial charge in [-0.1, -0.05) is 19.4 Å². The third-order valence-electron chi connectivity index (χ3n) is 2.33. The number of unbranched alkanes of at least 4 members (excludes halogenated alkanes) is 1. The van der Waals surface area contributed by atoms with Gasteiger partial charge in [-0.2, -0.15) is 0 Å². The minimum Gasteiger partial charge on any atom is -0.345 e. The van der Waals surface area contributed by atoms with Crippen LogP contribution in [0.15, 0.2) is 24.4 Å². The van der Waals surface area contributed by atoms with E-state index in [4.69, 9.17) is 0 Å². The van der Waals surface area contributed by atoms with Crippen molar-refractivity contribution < 1.29 is 4.79 Å². The van der Waals surface area contributed by atoms with Gasteiger partial charge < -0.3 is 4.90 Å². The lowest BCUT2D eigenvalue weighted by Gasteiger charge is -2.16. The van der Waals surface area contributed by atoms with Crippen LogP contribution in [0.1, 0.15) is 25.5 Å². The van der Waals surface area contributed by atoms with Gasteiger partial charge in [-0.3, -0.25) is 9.78 Å². The van der Waals surface area contributed by atoms with Crippen molar-refractivity contribution in [2.45, 2.75) is 26.2 Å². The Kier molecular flexibility index (Phi) is 4.81. The van der Waals surface area contributed by atoms with Crippen LogP contribution in [0.5, 0.6) is 0 Å². The maximum absolute atomic E-state index is 11.7. The molecule has 0 spiro atoms. The average molecular weight is 206 g/mol. The highest BCUT2D eigenvalue weighted by atomic mass is 16.2. The maximum atomic E-state index is 11.7. The fraction of sp³-hybridized carbons (Fsp3) is 0.500. The first-order chi connectivity index (χ1) is 7.24. The quantitative estimate of drug-likeness (QED) is 0.737. The Morgan fingerprint density at radius 1 is 1.47 bits per heavy atom. The van der Waals surface area contributed by atoms with Gasteiger partial charge in [0.2, 0.25) is 5.91 Å². The maximum Gasteiger partial charge on any atom is 0.228 e. The fourth-order valence-electron chi connectivity index (χ4n) is 1.31. The van der Waals surface area contributed by atoms with Crippen LogP contribution in [0, 0.1) is 0 Å². The lowest BCUT2D eigenvalue weighted by atomic mass is 10.2. The molecule has 3 nitrogen and oxygen atoms in total. The molecule has 3 heteroatoms. The number of rotatable bonds is 5. The first-order valence-corrected chi connectivity index (χ1v) is 5.38. The van der Waals surface area contributed by atoms with E-state index in [0.717, 1.165) is 25.1 Å². The molecule has 0 radical (unpaired) electrons. The van der Waals surface area contributed by atoms with Crippen molar-refractivity contribution in [2.75, 3.05) is 13.6 Å². The Hall–Kier alpha value is -1.38. The van der Waals surface area contributed by atoms with Crippen molar-refractivity contribution in [1.29, 1.82) is 0 Å². The van der Waals surface area contributed by atoms with Crippen LogP contribution in [0.25, 0.3) is 0 Å². The van der Waals surface area contributed by atoms with Gasteiger partial charge in [-0.05, 0) is 18.6 Å². The van der Waals surface area contributed by atoms with E-state index in [0.29, 0.717) is 6.42 Å². The number of hydrogen-bond donors (Lipinski definition) is 0. The molecule has 0 aliphatic carbocycles. The Labute approximate surface area is 91.1 Å². The van der Waals surface area contributed by atoms with Crippen molar-refractivity contribution in [3.05, 3.63) is 30.1 Å². The van der Waals surface area contributed by atoms with Crippen LogP contribution in [0.4, 0.5) is 0 Å². The molecule has 0 fully saturated rings. The molecule has 1 aromatic heterocycles. The van der Waals surface area contributed by atoms with Crippen molar-refractivity contribution in [2.24, 2.45) is 0 Å². The van der Waals surface area contributed by atoms with Gasteiger partial charge in [-0.15, -0.1) is 0 Å². The van der Waals surface area contributed by atoms with Crippen LogP contribution in [0.3, 0.4) is 0 Å². The van der Waals surface area contributed by atoms with Gasteiger partial charge in [0, 0.05) is 25.5 Å². The normalized spacial score (nSPS) is 10.0. The molecular weight excluding hydrogens is 188 g/mol. The number of nitrogens with zero attached hydrogens (tertiary/aromatic N) is 2. The molecule has 1 heterocycles. The predicted octanol–water partition coefficient (Wildman–Crippen LogP) is 1.88. The fourth-order valence-corrected chi connectivity index (χ4v) is 1.31. The number of aromatic nitrogens is 1. The largest absolute Gasteiger partial charge is 0.345 e. The van der Waals surface area contributed by atoms with E-state index < -0.39 is 0 Å². The van der Waals surface area contributed by atoms with Gasteiger partial charge >= 0.3 is 0 Å². The molecule has 0 saturated carbocycles. The SMILES string of the molecule is CCCCN(C)C(=O)Cc1ccccn1. The Bertz CT molecular complexity index is 298. The molecule has 1 rings (SSSR count). The number of carbonyl (C=O) groups is 1. The van der Waals surface area contributed by atoms with Crippen LogP contribution in [0.2, 0.25) is 0 Å². The monoisotopic (exact) mass is 206 g/mol. The number of hydrogen-bond acceptors (Lipinski definition) is 2. The second-order valence-electron chi connectivity index (χ2n) is 3.67. The predicted molar refractivity (Wildman–Crippen MR) is 60.5 cm³/mol. The molecule has 0 atom stereocenters. The van der Waals surface area contributed by atoms with Crippen molar-refractivity contribution in [3.63, 3.8) is 0 Å². The lowest BCUT2D eigenvalue weighted by Crippen LogP contribution is -2.29. The summed E-state index contributed by atoms with van der Waals surface area (Å²) in [6, 6.07) is 5.64. The number of likely N-dealkylation sites (N-methyl/N-ethyl adjacent to an activating group) is 1. The molecular formula is C12H18N2O. The Morgan fingerprint density at radius 2 is 2.27 bits per heavy atom. The standard InChI is InChI=1S/C12H18N2O/c1-3-4-9-14(2)12(15)10-11-7-5-6-8-13-11/h5-8H,3-4,9-10H2,1-2H3. The summed E-state index contributed by atoms with van der Waals surface area (Å²) >= 11 is 0. The first-order valence-electron chi connectivity index (χ1n) is 5.38. The summed E-state index contributed by atoms with van der Waals surface area (Å²) in [7, 11) is 1.85. The molecule has 0 unspecified atom stereocenters. The molecule has 0 aromatic carbocycles. The molecule has 82 valence electrons. The van der Waals surface area contributed by atoms with Crippen molar-refractivity contribution >= 4 is 5.91 Å². The number of amides is 1. The van der Waals surface area contributed by atoms with Crippen LogP contribution in [-0.4, -0.2) is 29.4 Å². The zero-order valence-corrected chi connectivity index (χ0v) is 9.44. The van der Waals surface area contributed by atoms with E-state index in [9.17, 15) is 4.79 Å². The van der Waals surface area contributed by atoms with Crippen molar-refractivity contribution in [1.82, 2.24) is 9.88 Å². The summed E-state index contributed by atoms with van der Waals surface area (Å²) in [4.78, 5) is 17.6. The second-order valence-corrected chi connectivity index (χ2v) is 3.67. The Balaban J connectivity index is 2.42. The highest BCUT2D eigenvalue weighted by molar-refractivity contribution is 5.77. The van der Waals surface area contributed by atoms with Gasteiger partial charge in [0.25, 0.3) is 0 Å². The lowest BCUT2D eigenvalue weighted by molar-refractivity contribution is -0.129. The van der Waals surface area contributed by atoms with E-state index in [-0.39, 0.29) is 5.91 Å². The summed E-state index contributed by atoms with van der Waals surface area (Å²) in [5, 5.41) is 0. The smallest absolute Gasteiger partial charge is 0.228 e. The number of pyridine rings is 1. The molecule has 0 bridgehead atoms. The highest BCUT2D eigenvalue weighted by Gasteiger charge is 2.08. The third kappa shape index (κ3) is 4.11. The first kappa shape index (κ1) is 11.7. The Morgan fingerprint density at radius 3 is 2.87 bits per heavy atom. The number of carbonyl (C=O) groups excluding carboxylic acids is 1. The third-order valence-corrected chi connectivity index (χ3v) is 2.33. The zero-order chi connectivity index (χ0) is 11.1. The summed E-state index contributed by atoms with van der Waals surface area (Å²) in [6.45, 7) is 2.96. The summed E-state index contributed by atoms with van der Waals surface area (Å²) in [6.07, 6.45) is 4.29. The molecule has 1 amide bonds. The van der Waals surface area contributed by atoms with Crippen LogP contribution in [-0.2, 0) is 11.2 Å². The minimum atomic E-state index is 0.141. The van der Waals surface area contributed by atoms with Crippen molar-refractivity contribution in [3.8, 4) is 0 Å². The second kappa shape index (κ2) is 6.17. The van der Waals surface area contributed by atoms with E-state index in [2.05, 4.69) is 11.9 Å². The molecule has 0 saturated heterocycles. The zero-order valence-electron chi connectivity index (χ0n) is 9.44. The minimum absolute atomic E-state index is 0.141. The van der Waals surface area contributed by atoms with E-state index in [1.54, 1.807) is 11.1 Å². The molecule has 15 heavy (non-hydrogen) atoms. The van der Waals surface area contributed by atoms with Gasteiger partial charge in [0.1, 0.15) is 0 Å². The molecule has 0 aliphatic rings. The summed E-state index contributed by atoms with van der Waals surface area (Å²) in [5.74, 6) is 0.141. The molecule has 0 N–H and O–H groups in total. The highest BCUT2D eigenvalue weighted by Crippen LogP contribution is 1.99. The van der Waals surface area contributed by atoms with Gasteiger partial charge in [0.15, 0.2) is 0 Å². The molecule has 1 aromatic rings. The molecule has 0 aliphatic heterocycles. The van der Waals surface area contributed by atoms with E-state index >= 15 is 0 Å². The van der Waals surface area contributed by atoms with Gasteiger partial charge in [-0.25, -0.2) is 0 Å².